The van der Waals surface area contributed by atoms with E-state index < -0.39 is 0 Å². The zero-order valence-corrected chi connectivity index (χ0v) is 13.7. The molecule has 0 bridgehead atoms. The summed E-state index contributed by atoms with van der Waals surface area (Å²) in [5.74, 6) is 0. The van der Waals surface area contributed by atoms with Crippen molar-refractivity contribution >= 4 is 23.3 Å². The summed E-state index contributed by atoms with van der Waals surface area (Å²) in [5, 5.41) is 12.5. The monoisotopic (exact) mass is 322 g/mol. The van der Waals surface area contributed by atoms with Crippen LogP contribution in [-0.4, -0.2) is 30.8 Å². The average Bonchev–Trinajstić information content (AvgIpc) is 2.94. The van der Waals surface area contributed by atoms with Crippen LogP contribution in [0.25, 0.3) is 0 Å². The van der Waals surface area contributed by atoms with Crippen molar-refractivity contribution in [3.05, 3.63) is 40.4 Å². The number of aliphatic hydroxyl groups is 1. The van der Waals surface area contributed by atoms with Crippen molar-refractivity contribution in [2.24, 2.45) is 0 Å². The fourth-order valence-electron chi connectivity index (χ4n) is 2.68. The van der Waals surface area contributed by atoms with Crippen LogP contribution in [0, 0.1) is 0 Å². The summed E-state index contributed by atoms with van der Waals surface area (Å²) in [6.07, 6.45) is 7.07. The van der Waals surface area contributed by atoms with Gasteiger partial charge in [0.1, 0.15) is 0 Å². The van der Waals surface area contributed by atoms with Crippen LogP contribution in [0.4, 0.5) is 10.5 Å². The summed E-state index contributed by atoms with van der Waals surface area (Å²) in [6.45, 7) is 3.49. The molecule has 4 nitrogen and oxygen atoms in total. The van der Waals surface area contributed by atoms with Crippen LogP contribution in [-0.2, 0) is 12.8 Å². The lowest BCUT2D eigenvalue weighted by Crippen LogP contribution is -2.39. The van der Waals surface area contributed by atoms with E-state index in [4.69, 9.17) is 16.7 Å². The number of fused-ring (bicyclic) bond motifs is 1. The second kappa shape index (κ2) is 8.20. The van der Waals surface area contributed by atoms with E-state index in [0.717, 1.165) is 36.1 Å². The molecule has 0 fully saturated rings. The summed E-state index contributed by atoms with van der Waals surface area (Å²) in [4.78, 5) is 14.2. The normalized spacial score (nSPS) is 13.7. The number of benzene rings is 1. The van der Waals surface area contributed by atoms with E-state index in [1.807, 2.05) is 18.2 Å². The number of allylic oxidation sites excluding steroid dienone is 1. The number of unbranched alkanes of at least 4 members (excludes halogenated alkanes) is 1. The molecule has 0 radical (unpaired) electrons. The van der Waals surface area contributed by atoms with Crippen LogP contribution in [0.15, 0.2) is 24.3 Å². The van der Waals surface area contributed by atoms with E-state index in [1.54, 1.807) is 11.0 Å². The molecule has 1 aromatic rings. The molecular weight excluding hydrogens is 300 g/mol. The Hall–Kier alpha value is -1.52. The van der Waals surface area contributed by atoms with Crippen molar-refractivity contribution in [2.45, 2.75) is 32.6 Å². The first-order chi connectivity index (χ1) is 10.7. The number of aliphatic hydroxyl groups excluding tert-OH is 1. The second-order valence-corrected chi connectivity index (χ2v) is 5.79. The van der Waals surface area contributed by atoms with Crippen molar-refractivity contribution in [1.29, 1.82) is 0 Å². The SMILES string of the molecule is CCCCNC(=O)N1CCc2ccc(Cl)c(C/C=C\CO)c21. The summed E-state index contributed by atoms with van der Waals surface area (Å²) in [7, 11) is 0. The van der Waals surface area contributed by atoms with Gasteiger partial charge in [0, 0.05) is 18.1 Å². The molecule has 22 heavy (non-hydrogen) atoms. The maximum atomic E-state index is 12.4. The number of urea groups is 1. The molecule has 5 heteroatoms. The van der Waals surface area contributed by atoms with E-state index in [1.165, 1.54) is 0 Å². The standard InChI is InChI=1S/C17H23ClN2O2/c1-2-3-10-19-17(22)20-11-9-13-7-8-15(18)14(16(13)20)6-4-5-12-21/h4-5,7-8,21H,2-3,6,9-12H2,1H3,(H,19,22)/b5-4-. The molecule has 1 aliphatic rings. The van der Waals surface area contributed by atoms with Crippen LogP contribution >= 0.6 is 11.6 Å². The zero-order chi connectivity index (χ0) is 15.9. The van der Waals surface area contributed by atoms with Crippen molar-refractivity contribution < 1.29 is 9.90 Å². The summed E-state index contributed by atoms with van der Waals surface area (Å²) < 4.78 is 0. The number of anilines is 1. The van der Waals surface area contributed by atoms with E-state index in [2.05, 4.69) is 12.2 Å². The van der Waals surface area contributed by atoms with Gasteiger partial charge in [0.15, 0.2) is 0 Å². The number of rotatable bonds is 6. The zero-order valence-electron chi connectivity index (χ0n) is 12.9. The van der Waals surface area contributed by atoms with Crippen molar-refractivity contribution in [1.82, 2.24) is 5.32 Å². The van der Waals surface area contributed by atoms with Crippen LogP contribution in [0.1, 0.15) is 30.9 Å². The van der Waals surface area contributed by atoms with Crippen LogP contribution in [0.3, 0.4) is 0 Å². The third-order valence-corrected chi connectivity index (χ3v) is 4.18. The Morgan fingerprint density at radius 2 is 2.27 bits per heavy atom. The molecule has 2 rings (SSSR count). The highest BCUT2D eigenvalue weighted by Crippen LogP contribution is 2.36. The highest BCUT2D eigenvalue weighted by molar-refractivity contribution is 6.32. The molecule has 1 aromatic carbocycles. The lowest BCUT2D eigenvalue weighted by molar-refractivity contribution is 0.246. The fraction of sp³-hybridized carbons (Fsp3) is 0.471. The largest absolute Gasteiger partial charge is 0.392 e. The van der Waals surface area contributed by atoms with Gasteiger partial charge in [-0.3, -0.25) is 4.90 Å². The van der Waals surface area contributed by atoms with Gasteiger partial charge in [-0.2, -0.15) is 0 Å². The number of amides is 2. The van der Waals surface area contributed by atoms with E-state index >= 15 is 0 Å². The van der Waals surface area contributed by atoms with Gasteiger partial charge in [0.25, 0.3) is 0 Å². The van der Waals surface area contributed by atoms with Gasteiger partial charge >= 0.3 is 6.03 Å². The van der Waals surface area contributed by atoms with Gasteiger partial charge in [-0.05, 0) is 36.5 Å². The molecule has 0 unspecified atom stereocenters. The van der Waals surface area contributed by atoms with Gasteiger partial charge in [-0.1, -0.05) is 43.2 Å². The number of halogens is 1. The molecule has 2 amide bonds. The number of carbonyl (C=O) groups is 1. The molecule has 1 aliphatic heterocycles. The molecule has 0 aromatic heterocycles. The summed E-state index contributed by atoms with van der Waals surface area (Å²) in [5.41, 5.74) is 3.04. The Morgan fingerprint density at radius 1 is 1.45 bits per heavy atom. The highest BCUT2D eigenvalue weighted by Gasteiger charge is 2.27. The topological polar surface area (TPSA) is 52.6 Å². The van der Waals surface area contributed by atoms with E-state index in [0.29, 0.717) is 24.5 Å². The minimum absolute atomic E-state index is 0.00780. The van der Waals surface area contributed by atoms with Crippen molar-refractivity contribution in [2.75, 3.05) is 24.6 Å². The molecule has 0 spiro atoms. The first-order valence-corrected chi connectivity index (χ1v) is 8.18. The smallest absolute Gasteiger partial charge is 0.321 e. The van der Waals surface area contributed by atoms with Gasteiger partial charge in [0.2, 0.25) is 0 Å². The predicted molar refractivity (Wildman–Crippen MR) is 90.7 cm³/mol. The van der Waals surface area contributed by atoms with Crippen LogP contribution in [0.5, 0.6) is 0 Å². The van der Waals surface area contributed by atoms with Gasteiger partial charge in [-0.15, -0.1) is 0 Å². The molecule has 120 valence electrons. The summed E-state index contributed by atoms with van der Waals surface area (Å²) in [6, 6.07) is 3.83. The van der Waals surface area contributed by atoms with Crippen LogP contribution in [0.2, 0.25) is 5.02 Å². The lowest BCUT2D eigenvalue weighted by atomic mass is 10.0. The Labute approximate surface area is 136 Å². The first-order valence-electron chi connectivity index (χ1n) is 7.80. The van der Waals surface area contributed by atoms with Crippen molar-refractivity contribution in [3.8, 4) is 0 Å². The van der Waals surface area contributed by atoms with Gasteiger partial charge in [-0.25, -0.2) is 4.79 Å². The Morgan fingerprint density at radius 3 is 3.00 bits per heavy atom. The second-order valence-electron chi connectivity index (χ2n) is 5.38. The predicted octanol–water partition coefficient (Wildman–Crippen LogP) is 3.30. The maximum absolute atomic E-state index is 12.4. The van der Waals surface area contributed by atoms with Gasteiger partial charge < -0.3 is 10.4 Å². The van der Waals surface area contributed by atoms with Crippen LogP contribution < -0.4 is 10.2 Å². The minimum atomic E-state index is -0.0538. The third-order valence-electron chi connectivity index (χ3n) is 3.83. The first kappa shape index (κ1) is 16.8. The fourth-order valence-corrected chi connectivity index (χ4v) is 2.91. The third kappa shape index (κ3) is 3.81. The summed E-state index contributed by atoms with van der Waals surface area (Å²) >= 11 is 6.33. The van der Waals surface area contributed by atoms with Crippen molar-refractivity contribution in [3.63, 3.8) is 0 Å². The Balaban J connectivity index is 2.22. The molecule has 2 N–H and O–H groups in total. The Bertz CT molecular complexity index is 558. The number of nitrogens with one attached hydrogen (secondary N) is 1. The van der Waals surface area contributed by atoms with Gasteiger partial charge in [0.05, 0.1) is 12.3 Å². The quantitative estimate of drug-likeness (QED) is 0.623. The number of carbonyl (C=O) groups excluding carboxylic acids is 1. The molecular formula is C17H23ClN2O2. The Kier molecular flexibility index (Phi) is 6.28. The highest BCUT2D eigenvalue weighted by atomic mass is 35.5. The number of hydrogen-bond acceptors (Lipinski definition) is 2. The average molecular weight is 323 g/mol. The number of nitrogens with zero attached hydrogens (tertiary/aromatic N) is 1. The molecule has 0 aliphatic carbocycles. The molecule has 0 saturated heterocycles. The van der Waals surface area contributed by atoms with E-state index in [-0.39, 0.29) is 12.6 Å². The number of hydrogen-bond donors (Lipinski definition) is 2. The van der Waals surface area contributed by atoms with E-state index in [9.17, 15) is 4.79 Å². The molecule has 0 saturated carbocycles. The maximum Gasteiger partial charge on any atom is 0.321 e. The lowest BCUT2D eigenvalue weighted by Gasteiger charge is -2.21. The molecule has 1 heterocycles. The molecule has 0 atom stereocenters. The minimum Gasteiger partial charge on any atom is -0.392 e.